The lowest BCUT2D eigenvalue weighted by Gasteiger charge is -2.28. The standard InChI is InChI=1S/C19H26ClN3O2/c20-16-6-3-5-15(13-16)17(22-9-1-2-10-22)14-21-18(24)8-12-23-11-4-7-19(23)25/h3,5-6,13,17H,1-2,4,7-12,14H2,(H,21,24). The third-order valence-electron chi connectivity index (χ3n) is 5.09. The van der Waals surface area contributed by atoms with E-state index in [1.54, 1.807) is 4.90 Å². The molecule has 3 rings (SSSR count). The van der Waals surface area contributed by atoms with Crippen LogP contribution in [0.15, 0.2) is 24.3 Å². The van der Waals surface area contributed by atoms with Gasteiger partial charge in [0.15, 0.2) is 0 Å². The first-order chi connectivity index (χ1) is 12.1. The summed E-state index contributed by atoms with van der Waals surface area (Å²) in [7, 11) is 0. The van der Waals surface area contributed by atoms with Gasteiger partial charge in [0.05, 0.1) is 6.04 Å². The van der Waals surface area contributed by atoms with Crippen molar-refractivity contribution in [3.05, 3.63) is 34.9 Å². The second-order valence-electron chi connectivity index (χ2n) is 6.85. The molecule has 1 unspecified atom stereocenters. The summed E-state index contributed by atoms with van der Waals surface area (Å²) >= 11 is 6.15. The molecule has 136 valence electrons. The van der Waals surface area contributed by atoms with Gasteiger partial charge in [-0.3, -0.25) is 14.5 Å². The Hall–Kier alpha value is -1.59. The van der Waals surface area contributed by atoms with Crippen LogP contribution in [-0.4, -0.2) is 54.3 Å². The number of hydrogen-bond acceptors (Lipinski definition) is 3. The molecule has 1 atom stereocenters. The van der Waals surface area contributed by atoms with Crippen molar-refractivity contribution in [3.63, 3.8) is 0 Å². The number of carbonyl (C=O) groups is 2. The SMILES string of the molecule is O=C(CCN1CCCC1=O)NCC(c1cccc(Cl)c1)N1CCCC1. The van der Waals surface area contributed by atoms with E-state index in [1.807, 2.05) is 18.2 Å². The fraction of sp³-hybridized carbons (Fsp3) is 0.579. The van der Waals surface area contributed by atoms with Gasteiger partial charge < -0.3 is 10.2 Å². The third kappa shape index (κ3) is 4.95. The summed E-state index contributed by atoms with van der Waals surface area (Å²) in [5.74, 6) is 0.174. The number of halogens is 1. The van der Waals surface area contributed by atoms with Crippen LogP contribution in [0.25, 0.3) is 0 Å². The Kier molecular flexibility index (Phi) is 6.32. The van der Waals surface area contributed by atoms with Crippen LogP contribution in [-0.2, 0) is 9.59 Å². The lowest BCUT2D eigenvalue weighted by atomic mass is 10.1. The Morgan fingerprint density at radius 2 is 2.00 bits per heavy atom. The van der Waals surface area contributed by atoms with Gasteiger partial charge in [0, 0.05) is 37.5 Å². The molecule has 2 saturated heterocycles. The molecule has 2 heterocycles. The second-order valence-corrected chi connectivity index (χ2v) is 7.29. The Balaban J connectivity index is 1.54. The fourth-order valence-corrected chi connectivity index (χ4v) is 3.90. The molecule has 1 aromatic carbocycles. The average molecular weight is 364 g/mol. The van der Waals surface area contributed by atoms with Gasteiger partial charge in [-0.2, -0.15) is 0 Å². The highest BCUT2D eigenvalue weighted by Crippen LogP contribution is 2.26. The van der Waals surface area contributed by atoms with Gasteiger partial charge in [0.25, 0.3) is 0 Å². The summed E-state index contributed by atoms with van der Waals surface area (Å²) in [6.45, 7) is 3.99. The number of nitrogens with one attached hydrogen (secondary N) is 1. The van der Waals surface area contributed by atoms with E-state index in [1.165, 1.54) is 12.8 Å². The molecule has 5 nitrogen and oxygen atoms in total. The number of benzene rings is 1. The molecule has 2 amide bonds. The molecule has 0 spiro atoms. The Labute approximate surface area is 154 Å². The van der Waals surface area contributed by atoms with Gasteiger partial charge in [-0.1, -0.05) is 23.7 Å². The van der Waals surface area contributed by atoms with E-state index in [4.69, 9.17) is 11.6 Å². The molecule has 2 aliphatic heterocycles. The molecule has 0 aliphatic carbocycles. The molecule has 1 aromatic rings. The highest BCUT2D eigenvalue weighted by Gasteiger charge is 2.25. The largest absolute Gasteiger partial charge is 0.354 e. The molecule has 0 aromatic heterocycles. The van der Waals surface area contributed by atoms with Crippen molar-refractivity contribution < 1.29 is 9.59 Å². The van der Waals surface area contributed by atoms with Crippen molar-refractivity contribution >= 4 is 23.4 Å². The minimum absolute atomic E-state index is 0.00549. The van der Waals surface area contributed by atoms with Crippen LogP contribution in [0.1, 0.15) is 43.7 Å². The molecule has 0 radical (unpaired) electrons. The van der Waals surface area contributed by atoms with Gasteiger partial charge >= 0.3 is 0 Å². The first kappa shape index (κ1) is 18.2. The van der Waals surface area contributed by atoms with Crippen LogP contribution in [0.4, 0.5) is 0 Å². The molecule has 2 aliphatic rings. The van der Waals surface area contributed by atoms with E-state index in [0.29, 0.717) is 25.9 Å². The zero-order valence-electron chi connectivity index (χ0n) is 14.5. The highest BCUT2D eigenvalue weighted by molar-refractivity contribution is 6.30. The Morgan fingerprint density at radius 1 is 1.20 bits per heavy atom. The number of hydrogen-bond donors (Lipinski definition) is 1. The van der Waals surface area contributed by atoms with E-state index in [9.17, 15) is 9.59 Å². The van der Waals surface area contributed by atoms with Gasteiger partial charge in [-0.15, -0.1) is 0 Å². The summed E-state index contributed by atoms with van der Waals surface area (Å²) in [4.78, 5) is 28.0. The first-order valence-electron chi connectivity index (χ1n) is 9.17. The number of nitrogens with zero attached hydrogens (tertiary/aromatic N) is 2. The fourth-order valence-electron chi connectivity index (χ4n) is 3.70. The van der Waals surface area contributed by atoms with Crippen molar-refractivity contribution in [2.45, 2.75) is 38.1 Å². The van der Waals surface area contributed by atoms with E-state index in [-0.39, 0.29) is 17.9 Å². The lowest BCUT2D eigenvalue weighted by Crippen LogP contribution is -2.38. The maximum Gasteiger partial charge on any atom is 0.222 e. The summed E-state index contributed by atoms with van der Waals surface area (Å²) in [6.07, 6.45) is 4.29. The van der Waals surface area contributed by atoms with Crippen molar-refractivity contribution in [1.29, 1.82) is 0 Å². The number of likely N-dealkylation sites (tertiary alicyclic amines) is 2. The molecule has 6 heteroatoms. The molecule has 2 fully saturated rings. The highest BCUT2D eigenvalue weighted by atomic mass is 35.5. The van der Waals surface area contributed by atoms with E-state index in [2.05, 4.69) is 16.3 Å². The predicted octanol–water partition coefficient (Wildman–Crippen LogP) is 2.61. The minimum Gasteiger partial charge on any atom is -0.354 e. The van der Waals surface area contributed by atoms with Crippen LogP contribution >= 0.6 is 11.6 Å². The monoisotopic (exact) mass is 363 g/mol. The molecule has 1 N–H and O–H groups in total. The van der Waals surface area contributed by atoms with Gasteiger partial charge in [-0.05, 0) is 50.0 Å². The zero-order valence-corrected chi connectivity index (χ0v) is 15.3. The van der Waals surface area contributed by atoms with Gasteiger partial charge in [0.1, 0.15) is 0 Å². The average Bonchev–Trinajstić information content (AvgIpc) is 3.25. The van der Waals surface area contributed by atoms with Crippen molar-refractivity contribution in [1.82, 2.24) is 15.1 Å². The Bertz CT molecular complexity index is 616. The number of carbonyl (C=O) groups excluding carboxylic acids is 2. The predicted molar refractivity (Wildman–Crippen MR) is 98.4 cm³/mol. The van der Waals surface area contributed by atoms with E-state index >= 15 is 0 Å². The quantitative estimate of drug-likeness (QED) is 0.810. The number of amides is 2. The topological polar surface area (TPSA) is 52.7 Å². The van der Waals surface area contributed by atoms with Crippen molar-refractivity contribution in [2.24, 2.45) is 0 Å². The molecule has 25 heavy (non-hydrogen) atoms. The number of rotatable bonds is 7. The smallest absolute Gasteiger partial charge is 0.222 e. The first-order valence-corrected chi connectivity index (χ1v) is 9.55. The van der Waals surface area contributed by atoms with Crippen LogP contribution in [0.3, 0.4) is 0 Å². The summed E-state index contributed by atoms with van der Waals surface area (Å²) in [5.41, 5.74) is 1.14. The van der Waals surface area contributed by atoms with Crippen molar-refractivity contribution in [3.8, 4) is 0 Å². The lowest BCUT2D eigenvalue weighted by molar-refractivity contribution is -0.128. The second kappa shape index (κ2) is 8.68. The maximum absolute atomic E-state index is 12.2. The molecular weight excluding hydrogens is 338 g/mol. The molecule has 0 bridgehead atoms. The van der Waals surface area contributed by atoms with E-state index in [0.717, 1.165) is 36.6 Å². The molecule has 0 saturated carbocycles. The van der Waals surface area contributed by atoms with Crippen molar-refractivity contribution in [2.75, 3.05) is 32.7 Å². The Morgan fingerprint density at radius 3 is 2.68 bits per heavy atom. The summed E-state index contributed by atoms with van der Waals surface area (Å²) in [5, 5.41) is 3.78. The molecular formula is C19H26ClN3O2. The normalized spacial score (nSPS) is 19.4. The van der Waals surface area contributed by atoms with Crippen LogP contribution in [0.2, 0.25) is 5.02 Å². The maximum atomic E-state index is 12.2. The third-order valence-corrected chi connectivity index (χ3v) is 5.32. The summed E-state index contributed by atoms with van der Waals surface area (Å²) in [6, 6.07) is 8.04. The minimum atomic E-state index is 0.00549. The van der Waals surface area contributed by atoms with Gasteiger partial charge in [-0.25, -0.2) is 0 Å². The summed E-state index contributed by atoms with van der Waals surface area (Å²) < 4.78 is 0. The van der Waals surface area contributed by atoms with Crippen LogP contribution in [0, 0.1) is 0 Å². The van der Waals surface area contributed by atoms with Crippen LogP contribution < -0.4 is 5.32 Å². The zero-order chi connectivity index (χ0) is 17.6. The van der Waals surface area contributed by atoms with Crippen LogP contribution in [0.5, 0.6) is 0 Å². The van der Waals surface area contributed by atoms with E-state index < -0.39 is 0 Å². The van der Waals surface area contributed by atoms with Gasteiger partial charge in [0.2, 0.25) is 11.8 Å².